The first-order valence-electron chi connectivity index (χ1n) is 4.06. The maximum atomic E-state index is 11.2. The van der Waals surface area contributed by atoms with Crippen molar-refractivity contribution in [1.29, 1.82) is 0 Å². The Balaban J connectivity index is 2.22. The molecule has 0 aromatic rings. The van der Waals surface area contributed by atoms with Gasteiger partial charge in [0.25, 0.3) is 0 Å². The molecule has 0 radical (unpaired) electrons. The third-order valence-corrected chi connectivity index (χ3v) is 1.69. The average molecular weight is 181 g/mol. The van der Waals surface area contributed by atoms with Gasteiger partial charge in [0.05, 0.1) is 6.42 Å². The summed E-state index contributed by atoms with van der Waals surface area (Å²) in [5.74, 6) is -1.08. The van der Waals surface area contributed by atoms with Gasteiger partial charge < -0.3 is 10.4 Å². The summed E-state index contributed by atoms with van der Waals surface area (Å²) in [6, 6.07) is 0. The summed E-state index contributed by atoms with van der Waals surface area (Å²) in [5, 5.41) is 10.8. The van der Waals surface area contributed by atoms with Crippen molar-refractivity contribution in [2.75, 3.05) is 6.54 Å². The number of carbonyl (C=O) groups excluding carboxylic acids is 1. The highest BCUT2D eigenvalue weighted by atomic mass is 16.4. The number of nitrogens with one attached hydrogen (secondary N) is 1. The van der Waals surface area contributed by atoms with Crippen molar-refractivity contribution in [1.82, 2.24) is 5.32 Å². The van der Waals surface area contributed by atoms with Crippen molar-refractivity contribution >= 4 is 11.9 Å². The van der Waals surface area contributed by atoms with E-state index in [-0.39, 0.29) is 18.9 Å². The van der Waals surface area contributed by atoms with Gasteiger partial charge in [-0.05, 0) is 6.42 Å². The zero-order valence-electron chi connectivity index (χ0n) is 7.12. The molecule has 70 valence electrons. The highest BCUT2D eigenvalue weighted by Crippen LogP contribution is 2.09. The molecule has 0 unspecified atom stereocenters. The molecule has 1 aliphatic carbocycles. The summed E-state index contributed by atoms with van der Waals surface area (Å²) >= 11 is 0. The maximum Gasteiger partial charge on any atom is 0.305 e. The van der Waals surface area contributed by atoms with Gasteiger partial charge in [0.15, 0.2) is 0 Å². The average Bonchev–Trinajstić information content (AvgIpc) is 2.55. The Hall–Kier alpha value is -1.58. The molecule has 0 heterocycles. The Labute approximate surface area is 75.9 Å². The van der Waals surface area contributed by atoms with Gasteiger partial charge in [-0.2, -0.15) is 0 Å². The van der Waals surface area contributed by atoms with Crippen molar-refractivity contribution in [3.8, 4) is 0 Å². The van der Waals surface area contributed by atoms with Gasteiger partial charge in [-0.15, -0.1) is 0 Å². The molecule has 0 aromatic carbocycles. The fourth-order valence-electron chi connectivity index (χ4n) is 1.01. The lowest BCUT2D eigenvalue weighted by Crippen LogP contribution is -2.26. The van der Waals surface area contributed by atoms with Gasteiger partial charge in [-0.1, -0.05) is 18.2 Å². The fraction of sp³-hybridized carbons (Fsp3) is 0.333. The Bertz CT molecular complexity index is 279. The minimum absolute atomic E-state index is 0.0353. The summed E-state index contributed by atoms with van der Waals surface area (Å²) < 4.78 is 0. The lowest BCUT2D eigenvalue weighted by molar-refractivity contribution is -0.136. The summed E-state index contributed by atoms with van der Waals surface area (Å²) in [6.07, 6.45) is 6.03. The molecule has 0 fully saturated rings. The molecule has 0 spiro atoms. The Morgan fingerprint density at radius 3 is 2.85 bits per heavy atom. The van der Waals surface area contributed by atoms with Crippen molar-refractivity contribution in [2.24, 2.45) is 0 Å². The topological polar surface area (TPSA) is 66.4 Å². The highest BCUT2D eigenvalue weighted by molar-refractivity contribution is 5.94. The van der Waals surface area contributed by atoms with Crippen LogP contribution in [0.5, 0.6) is 0 Å². The van der Waals surface area contributed by atoms with Crippen LogP contribution in [0.3, 0.4) is 0 Å². The number of carboxylic acid groups (broad SMARTS) is 1. The molecule has 0 aliphatic heterocycles. The van der Waals surface area contributed by atoms with Crippen LogP contribution in [0.2, 0.25) is 0 Å². The van der Waals surface area contributed by atoms with E-state index in [4.69, 9.17) is 5.11 Å². The van der Waals surface area contributed by atoms with E-state index in [1.807, 2.05) is 12.2 Å². The first-order valence-corrected chi connectivity index (χ1v) is 4.06. The number of rotatable bonds is 4. The van der Waals surface area contributed by atoms with Crippen LogP contribution in [-0.2, 0) is 9.59 Å². The van der Waals surface area contributed by atoms with Crippen LogP contribution in [0.25, 0.3) is 0 Å². The van der Waals surface area contributed by atoms with Gasteiger partial charge in [-0.25, -0.2) is 0 Å². The van der Waals surface area contributed by atoms with Crippen LogP contribution in [0.1, 0.15) is 12.8 Å². The Kier molecular flexibility index (Phi) is 3.25. The van der Waals surface area contributed by atoms with Crippen molar-refractivity contribution in [2.45, 2.75) is 12.8 Å². The van der Waals surface area contributed by atoms with Crippen LogP contribution >= 0.6 is 0 Å². The van der Waals surface area contributed by atoms with Crippen LogP contribution in [0.4, 0.5) is 0 Å². The van der Waals surface area contributed by atoms with Gasteiger partial charge in [0, 0.05) is 12.1 Å². The summed E-state index contributed by atoms with van der Waals surface area (Å²) in [4.78, 5) is 21.3. The van der Waals surface area contributed by atoms with Crippen LogP contribution in [-0.4, -0.2) is 23.5 Å². The van der Waals surface area contributed by atoms with Crippen molar-refractivity contribution < 1.29 is 14.7 Å². The molecule has 1 amide bonds. The van der Waals surface area contributed by atoms with Crippen LogP contribution in [0.15, 0.2) is 23.8 Å². The number of carboxylic acids is 1. The quantitative estimate of drug-likeness (QED) is 0.662. The molecule has 0 aromatic heterocycles. The fourth-order valence-corrected chi connectivity index (χ4v) is 1.01. The first-order chi connectivity index (χ1) is 6.20. The smallest absolute Gasteiger partial charge is 0.305 e. The SMILES string of the molecule is O=C(O)CCNC(=O)C1=CC=CC1. The molecule has 4 heteroatoms. The molecule has 0 bridgehead atoms. The molecule has 2 N–H and O–H groups in total. The molecule has 1 aliphatic rings. The number of aliphatic carboxylic acids is 1. The van der Waals surface area contributed by atoms with Gasteiger partial charge in [0.1, 0.15) is 0 Å². The molecular weight excluding hydrogens is 170 g/mol. The largest absolute Gasteiger partial charge is 0.481 e. The third-order valence-electron chi connectivity index (χ3n) is 1.69. The highest BCUT2D eigenvalue weighted by Gasteiger charge is 2.09. The number of amides is 1. The lowest BCUT2D eigenvalue weighted by atomic mass is 10.2. The number of carbonyl (C=O) groups is 2. The van der Waals surface area contributed by atoms with Gasteiger partial charge in [-0.3, -0.25) is 9.59 Å². The molecule has 13 heavy (non-hydrogen) atoms. The minimum Gasteiger partial charge on any atom is -0.481 e. The summed E-state index contributed by atoms with van der Waals surface area (Å²) in [7, 11) is 0. The predicted octanol–water partition coefficient (Wildman–Crippen LogP) is 0.464. The summed E-state index contributed by atoms with van der Waals surface area (Å²) in [6.45, 7) is 0.186. The van der Waals surface area contributed by atoms with Crippen LogP contribution in [0, 0.1) is 0 Å². The molecule has 0 saturated heterocycles. The van der Waals surface area contributed by atoms with E-state index in [0.717, 1.165) is 0 Å². The maximum absolute atomic E-state index is 11.2. The molecule has 4 nitrogen and oxygen atoms in total. The summed E-state index contributed by atoms with van der Waals surface area (Å²) in [5.41, 5.74) is 0.686. The zero-order chi connectivity index (χ0) is 9.68. The Morgan fingerprint density at radius 2 is 2.31 bits per heavy atom. The van der Waals surface area contributed by atoms with E-state index >= 15 is 0 Å². The first kappa shape index (κ1) is 9.51. The second-order valence-electron chi connectivity index (χ2n) is 2.72. The van der Waals surface area contributed by atoms with Crippen molar-refractivity contribution in [3.05, 3.63) is 23.8 Å². The van der Waals surface area contributed by atoms with E-state index < -0.39 is 5.97 Å². The third kappa shape index (κ3) is 3.11. The van der Waals surface area contributed by atoms with E-state index in [0.29, 0.717) is 12.0 Å². The minimum atomic E-state index is -0.904. The van der Waals surface area contributed by atoms with Gasteiger partial charge >= 0.3 is 5.97 Å². The lowest BCUT2D eigenvalue weighted by Gasteiger charge is -2.02. The number of allylic oxidation sites excluding steroid dienone is 3. The Morgan fingerprint density at radius 1 is 1.54 bits per heavy atom. The monoisotopic (exact) mass is 181 g/mol. The van der Waals surface area contributed by atoms with E-state index in [9.17, 15) is 9.59 Å². The molecular formula is C9H11NO3. The second kappa shape index (κ2) is 4.45. The standard InChI is InChI=1S/C9H11NO3/c11-8(12)5-6-10-9(13)7-3-1-2-4-7/h1-3H,4-6H2,(H,10,13)(H,11,12). The van der Waals surface area contributed by atoms with E-state index in [2.05, 4.69) is 5.32 Å². The van der Waals surface area contributed by atoms with Crippen molar-refractivity contribution in [3.63, 3.8) is 0 Å². The molecule has 1 rings (SSSR count). The number of hydrogen-bond donors (Lipinski definition) is 2. The van der Waals surface area contributed by atoms with E-state index in [1.165, 1.54) is 0 Å². The molecule has 0 saturated carbocycles. The zero-order valence-corrected chi connectivity index (χ0v) is 7.12. The van der Waals surface area contributed by atoms with Crippen LogP contribution < -0.4 is 5.32 Å². The number of hydrogen-bond acceptors (Lipinski definition) is 2. The van der Waals surface area contributed by atoms with E-state index in [1.54, 1.807) is 6.08 Å². The predicted molar refractivity (Wildman–Crippen MR) is 47.1 cm³/mol. The normalized spacial score (nSPS) is 14.0. The molecule has 0 atom stereocenters. The second-order valence-corrected chi connectivity index (χ2v) is 2.72. The van der Waals surface area contributed by atoms with Gasteiger partial charge in [0.2, 0.25) is 5.91 Å².